The molecule has 0 radical (unpaired) electrons. The zero-order chi connectivity index (χ0) is 17.1. The highest BCUT2D eigenvalue weighted by Crippen LogP contribution is 2.30. The zero-order valence-corrected chi connectivity index (χ0v) is 13.6. The third-order valence-electron chi connectivity index (χ3n) is 3.77. The second kappa shape index (κ2) is 6.45. The number of ketones is 1. The number of esters is 1. The molecule has 0 aliphatic carbocycles. The molecule has 0 heterocycles. The molecule has 0 aromatic heterocycles. The van der Waals surface area contributed by atoms with Crippen molar-refractivity contribution < 1.29 is 14.3 Å². The minimum absolute atomic E-state index is 0.0358. The van der Waals surface area contributed by atoms with Crippen molar-refractivity contribution in [2.75, 3.05) is 0 Å². The molecular formula is C19H17NO3. The normalized spacial score (nSPS) is 10.0. The number of carbonyl (C=O) groups excluding carboxylic acids is 2. The van der Waals surface area contributed by atoms with Crippen molar-refractivity contribution in [1.29, 1.82) is 5.26 Å². The lowest BCUT2D eigenvalue weighted by molar-refractivity contribution is 0.0732. The van der Waals surface area contributed by atoms with Gasteiger partial charge in [-0.2, -0.15) is 5.26 Å². The van der Waals surface area contributed by atoms with Gasteiger partial charge in [0.15, 0.2) is 11.5 Å². The summed E-state index contributed by atoms with van der Waals surface area (Å²) in [6.07, 6.45) is 0. The van der Waals surface area contributed by atoms with Crippen molar-refractivity contribution in [3.8, 4) is 11.8 Å². The van der Waals surface area contributed by atoms with Gasteiger partial charge in [-0.05, 0) is 57.0 Å². The smallest absolute Gasteiger partial charge is 0.343 e. The number of nitriles is 1. The Bertz CT molecular complexity index is 827. The van der Waals surface area contributed by atoms with Crippen LogP contribution in [0, 0.1) is 32.1 Å². The van der Waals surface area contributed by atoms with Crippen LogP contribution in [0.5, 0.6) is 5.75 Å². The summed E-state index contributed by atoms with van der Waals surface area (Å²) in [4.78, 5) is 24.2. The van der Waals surface area contributed by atoms with E-state index in [1.54, 1.807) is 37.3 Å². The Morgan fingerprint density at radius 3 is 2.22 bits per heavy atom. The van der Waals surface area contributed by atoms with Gasteiger partial charge < -0.3 is 4.74 Å². The Kier molecular flexibility index (Phi) is 4.61. The van der Waals surface area contributed by atoms with Crippen LogP contribution in [0.2, 0.25) is 0 Å². The molecule has 2 rings (SSSR count). The van der Waals surface area contributed by atoms with Crippen molar-refractivity contribution in [2.24, 2.45) is 0 Å². The topological polar surface area (TPSA) is 67.2 Å². The van der Waals surface area contributed by atoms with Gasteiger partial charge >= 0.3 is 5.97 Å². The minimum atomic E-state index is -0.591. The summed E-state index contributed by atoms with van der Waals surface area (Å²) in [5, 5.41) is 9.40. The fourth-order valence-electron chi connectivity index (χ4n) is 2.24. The van der Waals surface area contributed by atoms with Gasteiger partial charge in [-0.25, -0.2) is 4.79 Å². The van der Waals surface area contributed by atoms with E-state index >= 15 is 0 Å². The van der Waals surface area contributed by atoms with Crippen LogP contribution in [0.1, 0.15) is 49.9 Å². The average Bonchev–Trinajstić information content (AvgIpc) is 2.51. The van der Waals surface area contributed by atoms with Crippen molar-refractivity contribution in [2.45, 2.75) is 27.7 Å². The van der Waals surface area contributed by atoms with E-state index in [0.29, 0.717) is 11.1 Å². The van der Waals surface area contributed by atoms with Gasteiger partial charge in [-0.1, -0.05) is 17.7 Å². The fourth-order valence-corrected chi connectivity index (χ4v) is 2.24. The predicted octanol–water partition coefficient (Wildman–Crippen LogP) is 3.91. The summed E-state index contributed by atoms with van der Waals surface area (Å²) in [7, 11) is 0. The molecule has 0 spiro atoms. The first-order valence-corrected chi connectivity index (χ1v) is 7.19. The molecule has 0 saturated carbocycles. The average molecular weight is 307 g/mol. The van der Waals surface area contributed by atoms with E-state index < -0.39 is 5.97 Å². The summed E-state index contributed by atoms with van der Waals surface area (Å²) >= 11 is 0. The molecule has 0 saturated heterocycles. The highest BCUT2D eigenvalue weighted by molar-refractivity contribution is 6.00. The van der Waals surface area contributed by atoms with Crippen LogP contribution in [0.3, 0.4) is 0 Å². The zero-order valence-electron chi connectivity index (χ0n) is 13.6. The first-order chi connectivity index (χ1) is 10.8. The summed E-state index contributed by atoms with van der Waals surface area (Å²) in [5.41, 5.74) is 3.36. The number of hydrogen-bond acceptors (Lipinski definition) is 4. The van der Waals surface area contributed by atoms with E-state index in [1.807, 2.05) is 19.9 Å². The van der Waals surface area contributed by atoms with Crippen molar-refractivity contribution in [3.05, 3.63) is 63.7 Å². The van der Waals surface area contributed by atoms with Crippen molar-refractivity contribution >= 4 is 11.8 Å². The van der Waals surface area contributed by atoms with E-state index in [2.05, 4.69) is 0 Å². The number of hydrogen-bond donors (Lipinski definition) is 0. The second-order valence-electron chi connectivity index (χ2n) is 5.49. The first-order valence-electron chi connectivity index (χ1n) is 7.19. The molecule has 0 aliphatic heterocycles. The van der Waals surface area contributed by atoms with Crippen molar-refractivity contribution in [3.63, 3.8) is 0 Å². The Morgan fingerprint density at radius 1 is 1.09 bits per heavy atom. The lowest BCUT2D eigenvalue weighted by atomic mass is 9.97. The number of Topliss-reactive ketones (excluding diaryl/α,β-unsaturated/α-hetero) is 1. The largest absolute Gasteiger partial charge is 0.421 e. The SMILES string of the molecule is CC(=O)c1cc(C)c(C)c(C#N)c1OC(=O)c1ccc(C)cc1. The van der Waals surface area contributed by atoms with Crippen LogP contribution in [-0.2, 0) is 0 Å². The number of carbonyl (C=O) groups is 2. The van der Waals surface area contributed by atoms with E-state index in [0.717, 1.165) is 11.1 Å². The summed E-state index contributed by atoms with van der Waals surface area (Å²) in [5.74, 6) is -0.808. The van der Waals surface area contributed by atoms with Crippen LogP contribution in [-0.4, -0.2) is 11.8 Å². The lowest BCUT2D eigenvalue weighted by Gasteiger charge is -2.14. The van der Waals surface area contributed by atoms with E-state index in [4.69, 9.17) is 4.74 Å². The van der Waals surface area contributed by atoms with Crippen LogP contribution in [0.15, 0.2) is 30.3 Å². The third-order valence-corrected chi connectivity index (χ3v) is 3.77. The highest BCUT2D eigenvalue weighted by Gasteiger charge is 2.21. The van der Waals surface area contributed by atoms with Crippen LogP contribution in [0.4, 0.5) is 0 Å². The quantitative estimate of drug-likeness (QED) is 0.490. The van der Waals surface area contributed by atoms with Gasteiger partial charge in [0.05, 0.1) is 16.7 Å². The lowest BCUT2D eigenvalue weighted by Crippen LogP contribution is -2.13. The Labute approximate surface area is 135 Å². The predicted molar refractivity (Wildman–Crippen MR) is 86.8 cm³/mol. The van der Waals surface area contributed by atoms with Gasteiger partial charge in [0.2, 0.25) is 0 Å². The number of aryl methyl sites for hydroxylation is 2. The minimum Gasteiger partial charge on any atom is -0.421 e. The molecule has 0 fully saturated rings. The molecular weight excluding hydrogens is 290 g/mol. The Balaban J connectivity index is 2.52. The molecule has 0 unspecified atom stereocenters. The first kappa shape index (κ1) is 16.4. The van der Waals surface area contributed by atoms with Gasteiger partial charge in [0, 0.05) is 0 Å². The van der Waals surface area contributed by atoms with E-state index in [9.17, 15) is 14.9 Å². The Morgan fingerprint density at radius 2 is 1.70 bits per heavy atom. The molecule has 4 heteroatoms. The molecule has 0 aliphatic rings. The Hall–Kier alpha value is -2.93. The van der Waals surface area contributed by atoms with Crippen LogP contribution >= 0.6 is 0 Å². The maximum atomic E-state index is 12.3. The van der Waals surface area contributed by atoms with Crippen molar-refractivity contribution in [1.82, 2.24) is 0 Å². The number of nitrogens with zero attached hydrogens (tertiary/aromatic N) is 1. The molecule has 0 bridgehead atoms. The standard InChI is InChI=1S/C19H17NO3/c1-11-5-7-15(8-6-11)19(22)23-18-16(14(4)21)9-12(2)13(3)17(18)10-20/h5-9H,1-4H3. The van der Waals surface area contributed by atoms with Crippen LogP contribution in [0.25, 0.3) is 0 Å². The molecule has 2 aromatic carbocycles. The summed E-state index contributed by atoms with van der Waals surface area (Å²) in [6.45, 7) is 6.88. The maximum Gasteiger partial charge on any atom is 0.343 e. The summed E-state index contributed by atoms with van der Waals surface area (Å²) in [6, 6.07) is 10.6. The van der Waals surface area contributed by atoms with E-state index in [1.165, 1.54) is 6.92 Å². The molecule has 0 atom stereocenters. The third kappa shape index (κ3) is 3.29. The van der Waals surface area contributed by atoms with Gasteiger partial charge in [-0.3, -0.25) is 4.79 Å². The molecule has 23 heavy (non-hydrogen) atoms. The van der Waals surface area contributed by atoms with E-state index in [-0.39, 0.29) is 22.7 Å². The molecule has 4 nitrogen and oxygen atoms in total. The molecule has 0 amide bonds. The second-order valence-corrected chi connectivity index (χ2v) is 5.49. The number of ether oxygens (including phenoxy) is 1. The summed E-state index contributed by atoms with van der Waals surface area (Å²) < 4.78 is 5.41. The van der Waals surface area contributed by atoms with Gasteiger partial charge in [0.25, 0.3) is 0 Å². The molecule has 0 N–H and O–H groups in total. The monoisotopic (exact) mass is 307 g/mol. The fraction of sp³-hybridized carbons (Fsp3) is 0.211. The van der Waals surface area contributed by atoms with Gasteiger partial charge in [-0.15, -0.1) is 0 Å². The highest BCUT2D eigenvalue weighted by atomic mass is 16.5. The maximum absolute atomic E-state index is 12.3. The van der Waals surface area contributed by atoms with Crippen LogP contribution < -0.4 is 4.74 Å². The number of benzene rings is 2. The molecule has 116 valence electrons. The molecule has 2 aromatic rings. The number of rotatable bonds is 3. The van der Waals surface area contributed by atoms with Gasteiger partial charge in [0.1, 0.15) is 6.07 Å².